The van der Waals surface area contributed by atoms with Crippen molar-refractivity contribution < 1.29 is 33.2 Å². The highest BCUT2D eigenvalue weighted by Crippen LogP contribution is 2.44. The third-order valence-corrected chi connectivity index (χ3v) is 5.80. The highest BCUT2D eigenvalue weighted by molar-refractivity contribution is 5.79. The van der Waals surface area contributed by atoms with Crippen LogP contribution in [0.2, 0.25) is 0 Å². The van der Waals surface area contributed by atoms with Crippen molar-refractivity contribution >= 4 is 6.09 Å². The number of carbonyl (C=O) groups excluding carboxylic acids is 1. The SMILES string of the molecule is C=COCCOCCOCCOCCOCCN(C)C(=O)OCC1c2ccccc2-c2ccccc21. The molecule has 0 aliphatic heterocycles. The molecule has 2 aromatic rings. The maximum atomic E-state index is 12.5. The van der Waals surface area contributed by atoms with E-state index in [2.05, 4.69) is 30.8 Å². The minimum Gasteiger partial charge on any atom is -0.499 e. The van der Waals surface area contributed by atoms with Gasteiger partial charge in [-0.3, -0.25) is 0 Å². The van der Waals surface area contributed by atoms with Crippen molar-refractivity contribution in [3.05, 3.63) is 72.5 Å². The molecule has 1 aliphatic carbocycles. The van der Waals surface area contributed by atoms with E-state index in [0.717, 1.165) is 0 Å². The molecule has 2 aromatic carbocycles. The molecular weight excluding hydrogens is 462 g/mol. The van der Waals surface area contributed by atoms with Crippen LogP contribution < -0.4 is 0 Å². The Morgan fingerprint density at radius 3 is 1.78 bits per heavy atom. The van der Waals surface area contributed by atoms with Gasteiger partial charge in [0.25, 0.3) is 0 Å². The fourth-order valence-corrected chi connectivity index (χ4v) is 3.95. The number of nitrogens with zero attached hydrogens (tertiary/aromatic N) is 1. The molecule has 0 spiro atoms. The van der Waals surface area contributed by atoms with E-state index in [4.69, 9.17) is 28.4 Å². The van der Waals surface area contributed by atoms with Gasteiger partial charge in [-0.25, -0.2) is 4.79 Å². The van der Waals surface area contributed by atoms with Crippen LogP contribution in [0.3, 0.4) is 0 Å². The van der Waals surface area contributed by atoms with Crippen LogP contribution in [-0.4, -0.2) is 90.7 Å². The Kier molecular flexibility index (Phi) is 12.3. The Labute approximate surface area is 213 Å². The molecular formula is C28H37NO7. The Morgan fingerprint density at radius 2 is 1.25 bits per heavy atom. The van der Waals surface area contributed by atoms with Crippen molar-refractivity contribution in [1.82, 2.24) is 4.90 Å². The summed E-state index contributed by atoms with van der Waals surface area (Å²) in [6.07, 6.45) is 1.04. The number of amides is 1. The molecule has 1 aliphatic rings. The van der Waals surface area contributed by atoms with Crippen LogP contribution in [0.1, 0.15) is 17.0 Å². The lowest BCUT2D eigenvalue weighted by atomic mass is 9.98. The van der Waals surface area contributed by atoms with Gasteiger partial charge in [0.05, 0.1) is 59.1 Å². The normalized spacial score (nSPS) is 12.1. The summed E-state index contributed by atoms with van der Waals surface area (Å²) in [4.78, 5) is 14.0. The lowest BCUT2D eigenvalue weighted by Crippen LogP contribution is -2.32. The maximum Gasteiger partial charge on any atom is 0.409 e. The first kappa shape index (κ1) is 27.7. The monoisotopic (exact) mass is 499 g/mol. The van der Waals surface area contributed by atoms with E-state index in [1.165, 1.54) is 33.4 Å². The smallest absolute Gasteiger partial charge is 0.409 e. The van der Waals surface area contributed by atoms with Crippen molar-refractivity contribution in [2.45, 2.75) is 5.92 Å². The highest BCUT2D eigenvalue weighted by Gasteiger charge is 2.29. The molecule has 196 valence electrons. The van der Waals surface area contributed by atoms with Crippen molar-refractivity contribution in [1.29, 1.82) is 0 Å². The molecule has 0 heterocycles. The van der Waals surface area contributed by atoms with Gasteiger partial charge < -0.3 is 33.3 Å². The van der Waals surface area contributed by atoms with Crippen molar-refractivity contribution in [3.63, 3.8) is 0 Å². The van der Waals surface area contributed by atoms with Crippen LogP contribution in [0.15, 0.2) is 61.4 Å². The molecule has 0 saturated carbocycles. The summed E-state index contributed by atoms with van der Waals surface area (Å²) in [7, 11) is 1.71. The van der Waals surface area contributed by atoms with Gasteiger partial charge in [0.15, 0.2) is 0 Å². The largest absolute Gasteiger partial charge is 0.499 e. The zero-order valence-corrected chi connectivity index (χ0v) is 21.1. The average Bonchev–Trinajstić information content (AvgIpc) is 3.23. The minimum atomic E-state index is -0.355. The molecule has 0 bridgehead atoms. The fraction of sp³-hybridized carbons (Fsp3) is 0.464. The van der Waals surface area contributed by atoms with E-state index >= 15 is 0 Å². The molecule has 3 rings (SSSR count). The van der Waals surface area contributed by atoms with Gasteiger partial charge in [0.1, 0.15) is 13.2 Å². The van der Waals surface area contributed by atoms with Gasteiger partial charge >= 0.3 is 6.09 Å². The number of likely N-dealkylation sites (N-methyl/N-ethyl adjacent to an activating group) is 1. The van der Waals surface area contributed by atoms with Crippen LogP contribution in [0.25, 0.3) is 11.1 Å². The molecule has 0 saturated heterocycles. The van der Waals surface area contributed by atoms with Crippen molar-refractivity contribution in [2.75, 3.05) is 79.7 Å². The molecule has 36 heavy (non-hydrogen) atoms. The van der Waals surface area contributed by atoms with Crippen LogP contribution in [-0.2, 0) is 28.4 Å². The second kappa shape index (κ2) is 16.0. The first-order valence-electron chi connectivity index (χ1n) is 12.3. The van der Waals surface area contributed by atoms with Gasteiger partial charge in [0.2, 0.25) is 0 Å². The number of rotatable bonds is 18. The van der Waals surface area contributed by atoms with Crippen molar-refractivity contribution in [2.24, 2.45) is 0 Å². The molecule has 0 atom stereocenters. The lowest BCUT2D eigenvalue weighted by Gasteiger charge is -2.19. The molecule has 1 amide bonds. The summed E-state index contributed by atoms with van der Waals surface area (Å²) >= 11 is 0. The van der Waals surface area contributed by atoms with Gasteiger partial charge in [0, 0.05) is 19.5 Å². The second-order valence-electron chi connectivity index (χ2n) is 8.21. The Bertz CT molecular complexity index is 890. The molecule has 0 N–H and O–H groups in total. The number of fused-ring (bicyclic) bond motifs is 3. The summed E-state index contributed by atoms with van der Waals surface area (Å²) in [6, 6.07) is 16.6. The summed E-state index contributed by atoms with van der Waals surface area (Å²) in [6.45, 7) is 8.55. The number of hydrogen-bond acceptors (Lipinski definition) is 7. The van der Waals surface area contributed by atoms with E-state index in [9.17, 15) is 4.79 Å². The topological polar surface area (TPSA) is 75.7 Å². The molecule has 8 nitrogen and oxygen atoms in total. The molecule has 8 heteroatoms. The summed E-state index contributed by atoms with van der Waals surface area (Å²) in [5, 5.41) is 0. The number of hydrogen-bond donors (Lipinski definition) is 0. The third kappa shape index (κ3) is 8.64. The van der Waals surface area contributed by atoms with E-state index < -0.39 is 0 Å². The number of carbonyl (C=O) groups is 1. The van der Waals surface area contributed by atoms with Crippen LogP contribution in [0, 0.1) is 0 Å². The van der Waals surface area contributed by atoms with E-state index in [1.54, 1.807) is 7.05 Å². The predicted molar refractivity (Wildman–Crippen MR) is 137 cm³/mol. The highest BCUT2D eigenvalue weighted by atomic mass is 16.6. The fourth-order valence-electron chi connectivity index (χ4n) is 3.95. The van der Waals surface area contributed by atoms with Gasteiger partial charge in [-0.15, -0.1) is 0 Å². The third-order valence-electron chi connectivity index (χ3n) is 5.80. The Hall–Kier alpha value is -2.91. The van der Waals surface area contributed by atoms with Crippen LogP contribution in [0.5, 0.6) is 0 Å². The van der Waals surface area contributed by atoms with Crippen LogP contribution in [0.4, 0.5) is 4.79 Å². The standard InChI is InChI=1S/C28H37NO7/c1-3-31-14-15-33-18-19-35-21-20-34-17-16-32-13-12-29(2)28(30)36-22-27-25-10-6-4-8-23(25)24-9-5-7-11-26(24)27/h3-11,27H,1,12-22H2,2H3. The summed E-state index contributed by atoms with van der Waals surface area (Å²) < 4.78 is 32.4. The maximum absolute atomic E-state index is 12.5. The zero-order chi connectivity index (χ0) is 25.4. The average molecular weight is 500 g/mol. The lowest BCUT2D eigenvalue weighted by molar-refractivity contribution is -0.00740. The quantitative estimate of drug-likeness (QED) is 0.226. The van der Waals surface area contributed by atoms with Gasteiger partial charge in [-0.2, -0.15) is 0 Å². The summed E-state index contributed by atoms with van der Waals surface area (Å²) in [5.41, 5.74) is 4.82. The van der Waals surface area contributed by atoms with E-state index in [1.807, 2.05) is 24.3 Å². The zero-order valence-electron chi connectivity index (χ0n) is 21.1. The molecule has 0 fully saturated rings. The number of benzene rings is 2. The molecule has 0 aromatic heterocycles. The first-order chi connectivity index (χ1) is 17.7. The Morgan fingerprint density at radius 1 is 0.778 bits per heavy atom. The molecule has 0 unspecified atom stereocenters. The van der Waals surface area contributed by atoms with Gasteiger partial charge in [-0.1, -0.05) is 55.1 Å². The Balaban J connectivity index is 1.20. The first-order valence-corrected chi connectivity index (χ1v) is 12.3. The number of ether oxygens (including phenoxy) is 6. The van der Waals surface area contributed by atoms with Crippen LogP contribution >= 0.6 is 0 Å². The predicted octanol–water partition coefficient (Wildman–Crippen LogP) is 4.09. The second-order valence-corrected chi connectivity index (χ2v) is 8.21. The van der Waals surface area contributed by atoms with Gasteiger partial charge in [-0.05, 0) is 22.3 Å². The minimum absolute atomic E-state index is 0.0524. The van der Waals surface area contributed by atoms with E-state index in [0.29, 0.717) is 72.6 Å². The van der Waals surface area contributed by atoms with Crippen molar-refractivity contribution in [3.8, 4) is 11.1 Å². The van der Waals surface area contributed by atoms with E-state index in [-0.39, 0.29) is 12.0 Å². The molecule has 0 radical (unpaired) electrons. The summed E-state index contributed by atoms with van der Waals surface area (Å²) in [5.74, 6) is 0.0524.